The molecule has 1 atom stereocenters. The zero-order valence-electron chi connectivity index (χ0n) is 4.78. The summed E-state index contributed by atoms with van der Waals surface area (Å²) in [5.41, 5.74) is 0. The molecule has 0 N–H and O–H groups in total. The third-order valence-corrected chi connectivity index (χ3v) is 1.09. The van der Waals surface area contributed by atoms with Gasteiger partial charge in [-0.15, -0.1) is 0 Å². The first-order valence-corrected chi connectivity index (χ1v) is 2.72. The van der Waals surface area contributed by atoms with Crippen LogP contribution in [0.4, 0.5) is 0 Å². The van der Waals surface area contributed by atoms with Crippen molar-refractivity contribution in [3.05, 3.63) is 10.1 Å². The van der Waals surface area contributed by atoms with E-state index in [9.17, 15) is 10.1 Å². The van der Waals surface area contributed by atoms with E-state index in [2.05, 4.69) is 9.78 Å². The number of nitrogens with zero attached hydrogens (tertiary/aromatic N) is 1. The van der Waals surface area contributed by atoms with Gasteiger partial charge in [0.15, 0.2) is 0 Å². The average molecular weight is 133 g/mol. The van der Waals surface area contributed by atoms with Gasteiger partial charge in [0, 0.05) is 6.42 Å². The van der Waals surface area contributed by atoms with Crippen molar-refractivity contribution in [1.29, 1.82) is 0 Å². The lowest BCUT2D eigenvalue weighted by Crippen LogP contribution is -2.27. The molecule has 5 nitrogen and oxygen atoms in total. The van der Waals surface area contributed by atoms with Crippen molar-refractivity contribution in [3.8, 4) is 0 Å². The lowest BCUT2D eigenvalue weighted by atomic mass is 10.3. The van der Waals surface area contributed by atoms with Crippen molar-refractivity contribution < 1.29 is 14.7 Å². The number of nitro groups is 1. The lowest BCUT2D eigenvalue weighted by molar-refractivity contribution is -0.630. The summed E-state index contributed by atoms with van der Waals surface area (Å²) in [7, 11) is 0. The van der Waals surface area contributed by atoms with E-state index in [4.69, 9.17) is 0 Å². The molecule has 52 valence electrons. The van der Waals surface area contributed by atoms with Crippen LogP contribution in [0.5, 0.6) is 0 Å². The Balaban J connectivity index is 2.31. The van der Waals surface area contributed by atoms with Crippen molar-refractivity contribution >= 4 is 0 Å². The van der Waals surface area contributed by atoms with E-state index in [1.165, 1.54) is 0 Å². The molecule has 0 aromatic rings. The number of hydrogen-bond acceptors (Lipinski definition) is 4. The molecule has 0 aromatic carbocycles. The third-order valence-electron chi connectivity index (χ3n) is 1.09. The van der Waals surface area contributed by atoms with Gasteiger partial charge in [0.25, 0.3) is 0 Å². The summed E-state index contributed by atoms with van der Waals surface area (Å²) in [5, 5.41) is 9.95. The van der Waals surface area contributed by atoms with Gasteiger partial charge >= 0.3 is 6.23 Å². The molecule has 1 unspecified atom stereocenters. The lowest BCUT2D eigenvalue weighted by Gasteiger charge is -2.13. The summed E-state index contributed by atoms with van der Waals surface area (Å²) in [5.74, 6) is 0. The zero-order chi connectivity index (χ0) is 6.69. The Hall–Kier alpha value is -0.680. The molecular weight excluding hydrogens is 126 g/mol. The molecule has 0 aliphatic carbocycles. The van der Waals surface area contributed by atoms with E-state index in [1.54, 1.807) is 0 Å². The molecular formula is C4H7NO4. The van der Waals surface area contributed by atoms with Crippen molar-refractivity contribution in [2.75, 3.05) is 6.61 Å². The molecule has 0 saturated carbocycles. The first-order valence-electron chi connectivity index (χ1n) is 2.72. The van der Waals surface area contributed by atoms with Gasteiger partial charge in [0.05, 0.1) is 11.5 Å². The molecule has 1 saturated heterocycles. The van der Waals surface area contributed by atoms with Crippen molar-refractivity contribution in [2.24, 2.45) is 0 Å². The normalized spacial score (nSPS) is 27.8. The van der Waals surface area contributed by atoms with Gasteiger partial charge in [-0.3, -0.25) is 10.1 Å². The largest absolute Gasteiger partial charge is 0.342 e. The van der Waals surface area contributed by atoms with Gasteiger partial charge in [-0.2, -0.15) is 4.89 Å². The Bertz CT molecular complexity index is 109. The van der Waals surface area contributed by atoms with Gasteiger partial charge in [-0.25, -0.2) is 4.89 Å². The maximum Gasteiger partial charge on any atom is 0.342 e. The minimum atomic E-state index is -0.946. The van der Waals surface area contributed by atoms with Crippen LogP contribution in [0.1, 0.15) is 12.8 Å². The monoisotopic (exact) mass is 133 g/mol. The van der Waals surface area contributed by atoms with Crippen LogP contribution in [-0.4, -0.2) is 17.8 Å². The van der Waals surface area contributed by atoms with E-state index in [0.717, 1.165) is 0 Å². The van der Waals surface area contributed by atoms with Crippen LogP contribution in [0.15, 0.2) is 0 Å². The predicted octanol–water partition coefficient (Wildman–Crippen LogP) is 0.331. The second-order valence-corrected chi connectivity index (χ2v) is 1.80. The van der Waals surface area contributed by atoms with Gasteiger partial charge < -0.3 is 0 Å². The highest BCUT2D eigenvalue weighted by molar-refractivity contribution is 4.45. The fourth-order valence-corrected chi connectivity index (χ4v) is 0.632. The zero-order valence-corrected chi connectivity index (χ0v) is 4.78. The van der Waals surface area contributed by atoms with E-state index >= 15 is 0 Å². The molecule has 1 aliphatic heterocycles. The smallest absolute Gasteiger partial charge is 0.262 e. The van der Waals surface area contributed by atoms with Crippen molar-refractivity contribution in [2.45, 2.75) is 19.1 Å². The number of rotatable bonds is 1. The fourth-order valence-electron chi connectivity index (χ4n) is 0.632. The topological polar surface area (TPSA) is 61.6 Å². The third kappa shape index (κ3) is 1.62. The molecule has 0 aromatic heterocycles. The van der Waals surface area contributed by atoms with Gasteiger partial charge in [0.2, 0.25) is 0 Å². The van der Waals surface area contributed by atoms with E-state index < -0.39 is 11.2 Å². The summed E-state index contributed by atoms with van der Waals surface area (Å²) >= 11 is 0. The van der Waals surface area contributed by atoms with E-state index in [0.29, 0.717) is 19.4 Å². The standard InChI is InChI=1S/C4H7NO4/c6-5(7)4-2-1-3-8-9-4/h4H,1-3H2. The van der Waals surface area contributed by atoms with Crippen LogP contribution in [0, 0.1) is 10.1 Å². The predicted molar refractivity (Wildman–Crippen MR) is 27.1 cm³/mol. The SMILES string of the molecule is O=[N+]([O-])C1CCCOO1. The highest BCUT2D eigenvalue weighted by Crippen LogP contribution is 2.09. The fraction of sp³-hybridized carbons (Fsp3) is 1.00. The van der Waals surface area contributed by atoms with E-state index in [1.807, 2.05) is 0 Å². The molecule has 1 fully saturated rings. The molecule has 5 heteroatoms. The average Bonchev–Trinajstić information content (AvgIpc) is 1.90. The molecule has 0 amide bonds. The van der Waals surface area contributed by atoms with Crippen LogP contribution in [-0.2, 0) is 9.78 Å². The Morgan fingerprint density at radius 3 is 2.78 bits per heavy atom. The first-order chi connectivity index (χ1) is 4.30. The maximum absolute atomic E-state index is 9.95. The van der Waals surface area contributed by atoms with Crippen molar-refractivity contribution in [1.82, 2.24) is 0 Å². The van der Waals surface area contributed by atoms with Gasteiger partial charge in [-0.1, -0.05) is 0 Å². The van der Waals surface area contributed by atoms with E-state index in [-0.39, 0.29) is 0 Å². The Morgan fingerprint density at radius 2 is 2.44 bits per heavy atom. The summed E-state index contributed by atoms with van der Waals surface area (Å²) in [6.07, 6.45) is 0.206. The molecule has 0 radical (unpaired) electrons. The van der Waals surface area contributed by atoms with Crippen LogP contribution in [0.3, 0.4) is 0 Å². The van der Waals surface area contributed by atoms with Crippen LogP contribution in [0.25, 0.3) is 0 Å². The highest BCUT2D eigenvalue weighted by atomic mass is 17.2. The summed E-state index contributed by atoms with van der Waals surface area (Å²) < 4.78 is 0. The Morgan fingerprint density at radius 1 is 1.67 bits per heavy atom. The minimum Gasteiger partial charge on any atom is -0.262 e. The minimum absolute atomic E-state index is 0.451. The molecule has 1 aliphatic rings. The summed E-state index contributed by atoms with van der Waals surface area (Å²) in [6, 6.07) is 0. The second kappa shape index (κ2) is 2.75. The van der Waals surface area contributed by atoms with Gasteiger partial charge in [0.1, 0.15) is 0 Å². The summed E-state index contributed by atoms with van der Waals surface area (Å²) in [6.45, 7) is 0.463. The second-order valence-electron chi connectivity index (χ2n) is 1.80. The van der Waals surface area contributed by atoms with Crippen LogP contribution < -0.4 is 0 Å². The Labute approximate surface area is 51.6 Å². The molecule has 9 heavy (non-hydrogen) atoms. The quantitative estimate of drug-likeness (QED) is 0.294. The van der Waals surface area contributed by atoms with Crippen LogP contribution >= 0.6 is 0 Å². The molecule has 1 heterocycles. The maximum atomic E-state index is 9.95. The van der Waals surface area contributed by atoms with Crippen molar-refractivity contribution in [3.63, 3.8) is 0 Å². The Kier molecular flexibility index (Phi) is 1.96. The number of hydrogen-bond donors (Lipinski definition) is 0. The summed E-state index contributed by atoms with van der Waals surface area (Å²) in [4.78, 5) is 18.2. The van der Waals surface area contributed by atoms with Crippen LogP contribution in [0.2, 0.25) is 0 Å². The first kappa shape index (κ1) is 6.44. The molecule has 0 spiro atoms. The highest BCUT2D eigenvalue weighted by Gasteiger charge is 2.24. The van der Waals surface area contributed by atoms with Gasteiger partial charge in [-0.05, 0) is 6.42 Å². The molecule has 1 rings (SSSR count). The molecule has 0 bridgehead atoms.